The number of rotatable bonds is 1. The molecule has 16 heavy (non-hydrogen) atoms. The highest BCUT2D eigenvalue weighted by molar-refractivity contribution is 5.73. The van der Waals surface area contributed by atoms with Gasteiger partial charge in [0.25, 0.3) is 0 Å². The Bertz CT molecular complexity index is 381. The summed E-state index contributed by atoms with van der Waals surface area (Å²) < 4.78 is 5.73. The molecule has 5 nitrogen and oxygen atoms in total. The molecule has 0 radical (unpaired) electrons. The molecule has 2 N–H and O–H groups in total. The quantitative estimate of drug-likeness (QED) is 0.791. The van der Waals surface area contributed by atoms with Gasteiger partial charge in [0.1, 0.15) is 5.82 Å². The van der Waals surface area contributed by atoms with Gasteiger partial charge in [0.2, 0.25) is 0 Å². The van der Waals surface area contributed by atoms with Crippen LogP contribution in [0.15, 0.2) is 6.07 Å². The maximum absolute atomic E-state index is 11.3. The van der Waals surface area contributed by atoms with Crippen LogP contribution in [0.4, 0.5) is 10.6 Å². The number of hydrogen-bond acceptors (Lipinski definition) is 4. The van der Waals surface area contributed by atoms with E-state index < -0.39 is 6.09 Å². The number of ether oxygens (including phenoxy) is 1. The summed E-state index contributed by atoms with van der Waals surface area (Å²) in [4.78, 5) is 11.3. The van der Waals surface area contributed by atoms with Crippen LogP contribution < -0.4 is 5.73 Å². The van der Waals surface area contributed by atoms with Crippen LogP contribution in [0.1, 0.15) is 43.7 Å². The summed E-state index contributed by atoms with van der Waals surface area (Å²) in [5, 5.41) is 4.22. The second-order valence-corrected chi connectivity index (χ2v) is 4.21. The minimum atomic E-state index is -0.528. The van der Waals surface area contributed by atoms with Crippen LogP contribution >= 0.6 is 0 Å². The van der Waals surface area contributed by atoms with Crippen molar-refractivity contribution in [3.05, 3.63) is 11.8 Å². The van der Waals surface area contributed by atoms with Crippen molar-refractivity contribution < 1.29 is 9.53 Å². The fraction of sp³-hybridized carbons (Fsp3) is 0.636. The van der Waals surface area contributed by atoms with Gasteiger partial charge < -0.3 is 10.5 Å². The molecule has 0 spiro atoms. The third-order valence-corrected chi connectivity index (χ3v) is 3.13. The highest BCUT2D eigenvalue weighted by atomic mass is 16.5. The minimum Gasteiger partial charge on any atom is -0.451 e. The van der Waals surface area contributed by atoms with Crippen molar-refractivity contribution in [2.75, 3.05) is 12.8 Å². The Hall–Kier alpha value is -1.52. The Kier molecular flexibility index (Phi) is 3.12. The smallest absolute Gasteiger partial charge is 0.436 e. The van der Waals surface area contributed by atoms with E-state index in [2.05, 4.69) is 9.84 Å². The number of carbonyl (C=O) groups is 1. The number of anilines is 1. The molecule has 1 saturated carbocycles. The Morgan fingerprint density at radius 1 is 1.50 bits per heavy atom. The summed E-state index contributed by atoms with van der Waals surface area (Å²) in [5.41, 5.74) is 6.64. The van der Waals surface area contributed by atoms with Crippen molar-refractivity contribution in [3.63, 3.8) is 0 Å². The second kappa shape index (κ2) is 4.55. The fourth-order valence-corrected chi connectivity index (χ4v) is 2.25. The van der Waals surface area contributed by atoms with Gasteiger partial charge >= 0.3 is 6.09 Å². The van der Waals surface area contributed by atoms with E-state index in [1.165, 1.54) is 26.4 Å². The molecule has 0 aliphatic heterocycles. The van der Waals surface area contributed by atoms with E-state index in [0.29, 0.717) is 11.7 Å². The lowest BCUT2D eigenvalue weighted by Crippen LogP contribution is -2.16. The van der Waals surface area contributed by atoms with Crippen molar-refractivity contribution in [1.82, 2.24) is 9.78 Å². The van der Waals surface area contributed by atoms with E-state index in [4.69, 9.17) is 5.73 Å². The topological polar surface area (TPSA) is 70.1 Å². The third-order valence-electron chi connectivity index (χ3n) is 3.13. The first kappa shape index (κ1) is 11.0. The zero-order chi connectivity index (χ0) is 11.5. The SMILES string of the molecule is COC(=O)n1nc(C2CCCCC2)cc1N. The predicted molar refractivity (Wildman–Crippen MR) is 60.3 cm³/mol. The Labute approximate surface area is 94.6 Å². The molecule has 2 rings (SSSR count). The van der Waals surface area contributed by atoms with Gasteiger partial charge in [-0.25, -0.2) is 4.79 Å². The molecule has 5 heteroatoms. The fourth-order valence-electron chi connectivity index (χ4n) is 2.25. The molecule has 1 aliphatic carbocycles. The maximum atomic E-state index is 11.3. The molecule has 0 saturated heterocycles. The minimum absolute atomic E-state index is 0.354. The molecule has 88 valence electrons. The van der Waals surface area contributed by atoms with E-state index in [9.17, 15) is 4.79 Å². The van der Waals surface area contributed by atoms with E-state index in [-0.39, 0.29) is 0 Å². The van der Waals surface area contributed by atoms with Crippen LogP contribution in [0.2, 0.25) is 0 Å². The Balaban J connectivity index is 2.19. The van der Waals surface area contributed by atoms with Crippen LogP contribution in [-0.2, 0) is 4.74 Å². The standard InChI is InChI=1S/C11H17N3O2/c1-16-11(15)14-10(12)7-9(13-14)8-5-3-2-4-6-8/h7-8H,2-6,12H2,1H3. The lowest BCUT2D eigenvalue weighted by Gasteiger charge is -2.19. The van der Waals surface area contributed by atoms with Crippen LogP contribution in [0.3, 0.4) is 0 Å². The molecule has 0 aromatic carbocycles. The summed E-state index contributed by atoms with van der Waals surface area (Å²) in [7, 11) is 1.32. The van der Waals surface area contributed by atoms with Crippen LogP contribution in [0, 0.1) is 0 Å². The summed E-state index contributed by atoms with van der Waals surface area (Å²) in [5.74, 6) is 0.800. The summed E-state index contributed by atoms with van der Waals surface area (Å²) in [6.45, 7) is 0. The number of nitrogens with two attached hydrogens (primary N) is 1. The molecule has 0 atom stereocenters. The number of methoxy groups -OCH3 is 1. The van der Waals surface area contributed by atoms with Gasteiger partial charge in [-0.2, -0.15) is 5.10 Å². The largest absolute Gasteiger partial charge is 0.451 e. The molecular weight excluding hydrogens is 206 g/mol. The van der Waals surface area contributed by atoms with E-state index in [0.717, 1.165) is 23.2 Å². The third kappa shape index (κ3) is 2.03. The molecule has 1 heterocycles. The molecule has 0 bridgehead atoms. The molecule has 1 aliphatic rings. The van der Waals surface area contributed by atoms with Gasteiger partial charge in [0.15, 0.2) is 0 Å². The van der Waals surface area contributed by atoms with E-state index in [1.54, 1.807) is 6.07 Å². The molecule has 1 fully saturated rings. The van der Waals surface area contributed by atoms with Gasteiger partial charge in [0, 0.05) is 12.0 Å². The molecule has 1 aromatic heterocycles. The Morgan fingerprint density at radius 2 is 2.19 bits per heavy atom. The number of nitrogens with zero attached hydrogens (tertiary/aromatic N) is 2. The Morgan fingerprint density at radius 3 is 2.81 bits per heavy atom. The average molecular weight is 223 g/mol. The van der Waals surface area contributed by atoms with Crippen molar-refractivity contribution in [2.45, 2.75) is 38.0 Å². The van der Waals surface area contributed by atoms with Gasteiger partial charge in [-0.1, -0.05) is 19.3 Å². The van der Waals surface area contributed by atoms with Crippen molar-refractivity contribution in [1.29, 1.82) is 0 Å². The van der Waals surface area contributed by atoms with Crippen molar-refractivity contribution in [3.8, 4) is 0 Å². The lowest BCUT2D eigenvalue weighted by molar-refractivity contribution is 0.169. The van der Waals surface area contributed by atoms with Gasteiger partial charge in [-0.05, 0) is 12.8 Å². The van der Waals surface area contributed by atoms with E-state index >= 15 is 0 Å². The first-order valence-electron chi connectivity index (χ1n) is 5.66. The molecule has 1 aromatic rings. The predicted octanol–water partition coefficient (Wildman–Crippen LogP) is 2.13. The maximum Gasteiger partial charge on any atom is 0.436 e. The van der Waals surface area contributed by atoms with Gasteiger partial charge in [-0.15, -0.1) is 4.68 Å². The van der Waals surface area contributed by atoms with Crippen molar-refractivity contribution in [2.24, 2.45) is 0 Å². The monoisotopic (exact) mass is 223 g/mol. The second-order valence-electron chi connectivity index (χ2n) is 4.21. The number of carbonyl (C=O) groups excluding carboxylic acids is 1. The first-order chi connectivity index (χ1) is 7.72. The molecular formula is C11H17N3O2. The molecule has 0 amide bonds. The highest BCUT2D eigenvalue weighted by Gasteiger charge is 2.21. The van der Waals surface area contributed by atoms with Crippen LogP contribution in [-0.4, -0.2) is 23.0 Å². The lowest BCUT2D eigenvalue weighted by atomic mass is 9.87. The first-order valence-corrected chi connectivity index (χ1v) is 5.66. The normalized spacial score (nSPS) is 17.3. The highest BCUT2D eigenvalue weighted by Crippen LogP contribution is 2.32. The van der Waals surface area contributed by atoms with Gasteiger partial charge in [-0.3, -0.25) is 0 Å². The number of nitrogen functional groups attached to an aromatic ring is 1. The summed E-state index contributed by atoms with van der Waals surface area (Å²) >= 11 is 0. The summed E-state index contributed by atoms with van der Waals surface area (Å²) in [6.07, 6.45) is 5.50. The summed E-state index contributed by atoms with van der Waals surface area (Å²) in [6, 6.07) is 1.78. The van der Waals surface area contributed by atoms with Gasteiger partial charge in [0.05, 0.1) is 12.8 Å². The number of hydrogen-bond donors (Lipinski definition) is 1. The average Bonchev–Trinajstić information content (AvgIpc) is 2.71. The van der Waals surface area contributed by atoms with Crippen molar-refractivity contribution >= 4 is 11.9 Å². The van der Waals surface area contributed by atoms with Crippen LogP contribution in [0.25, 0.3) is 0 Å². The zero-order valence-corrected chi connectivity index (χ0v) is 9.48. The van der Waals surface area contributed by atoms with Crippen LogP contribution in [0.5, 0.6) is 0 Å². The van der Waals surface area contributed by atoms with E-state index in [1.807, 2.05) is 0 Å². The number of aromatic nitrogens is 2. The molecule has 0 unspecified atom stereocenters. The zero-order valence-electron chi connectivity index (χ0n) is 9.48.